The highest BCUT2D eigenvalue weighted by molar-refractivity contribution is 5.96. The molecule has 1 atom stereocenters. The van der Waals surface area contributed by atoms with E-state index in [4.69, 9.17) is 10.6 Å². The Hall–Kier alpha value is -1.59. The van der Waals surface area contributed by atoms with Gasteiger partial charge >= 0.3 is 0 Å². The van der Waals surface area contributed by atoms with Gasteiger partial charge in [-0.15, -0.1) is 0 Å². The number of benzene rings is 1. The normalized spacial score (nSPS) is 18.9. The van der Waals surface area contributed by atoms with Crippen LogP contribution in [0.4, 0.5) is 5.69 Å². The number of carbonyl (C=O) groups excluding carboxylic acids is 1. The van der Waals surface area contributed by atoms with Gasteiger partial charge in [-0.3, -0.25) is 10.6 Å². The summed E-state index contributed by atoms with van der Waals surface area (Å²) in [6.45, 7) is 6.10. The molecule has 5 nitrogen and oxygen atoms in total. The number of rotatable bonds is 4. The molecule has 110 valence electrons. The van der Waals surface area contributed by atoms with E-state index < -0.39 is 0 Å². The Morgan fingerprint density at radius 3 is 3.00 bits per heavy atom. The van der Waals surface area contributed by atoms with E-state index >= 15 is 0 Å². The number of hydrazine groups is 1. The van der Waals surface area contributed by atoms with Crippen LogP contribution in [0.3, 0.4) is 0 Å². The molecule has 1 saturated heterocycles. The summed E-state index contributed by atoms with van der Waals surface area (Å²) in [5, 5.41) is 0. The average Bonchev–Trinajstić information content (AvgIpc) is 2.47. The Labute approximate surface area is 120 Å². The number of nitrogens with one attached hydrogen (secondary N) is 1. The standard InChI is InChI=1S/C15H23N3O2/c1-3-20-13-5-4-8-18(10-13)15(19)14-7-6-12(17-16)9-11(14)2/h6-7,9,13,17H,3-5,8,10,16H2,1-2H3. The molecule has 0 bridgehead atoms. The first kappa shape index (κ1) is 14.8. The zero-order valence-electron chi connectivity index (χ0n) is 12.2. The number of aryl methyl sites for hydroxylation is 1. The zero-order chi connectivity index (χ0) is 14.5. The third-order valence-corrected chi connectivity index (χ3v) is 3.69. The molecule has 20 heavy (non-hydrogen) atoms. The lowest BCUT2D eigenvalue weighted by Gasteiger charge is -2.32. The molecule has 1 unspecified atom stereocenters. The lowest BCUT2D eigenvalue weighted by Crippen LogP contribution is -2.43. The van der Waals surface area contributed by atoms with E-state index in [9.17, 15) is 4.79 Å². The van der Waals surface area contributed by atoms with E-state index in [2.05, 4.69) is 5.43 Å². The number of nitrogens with zero attached hydrogens (tertiary/aromatic N) is 1. The minimum absolute atomic E-state index is 0.0791. The predicted octanol–water partition coefficient (Wildman–Crippen LogP) is 1.92. The van der Waals surface area contributed by atoms with Crippen LogP contribution in [-0.2, 0) is 4.74 Å². The van der Waals surface area contributed by atoms with Gasteiger partial charge in [0.1, 0.15) is 0 Å². The van der Waals surface area contributed by atoms with Gasteiger partial charge in [-0.2, -0.15) is 0 Å². The fraction of sp³-hybridized carbons (Fsp3) is 0.533. The van der Waals surface area contributed by atoms with Crippen LogP contribution < -0.4 is 11.3 Å². The number of anilines is 1. The maximum Gasteiger partial charge on any atom is 0.254 e. The lowest BCUT2D eigenvalue weighted by atomic mass is 10.0. The number of hydrogen-bond donors (Lipinski definition) is 2. The van der Waals surface area contributed by atoms with Crippen LogP contribution >= 0.6 is 0 Å². The van der Waals surface area contributed by atoms with Crippen LogP contribution in [0.5, 0.6) is 0 Å². The first-order valence-corrected chi connectivity index (χ1v) is 7.13. The van der Waals surface area contributed by atoms with E-state index in [1.165, 1.54) is 0 Å². The van der Waals surface area contributed by atoms with Crippen molar-refractivity contribution in [3.63, 3.8) is 0 Å². The number of likely N-dealkylation sites (tertiary alicyclic amines) is 1. The Morgan fingerprint density at radius 1 is 1.55 bits per heavy atom. The third kappa shape index (κ3) is 3.29. The average molecular weight is 277 g/mol. The highest BCUT2D eigenvalue weighted by atomic mass is 16.5. The fourth-order valence-electron chi connectivity index (χ4n) is 2.66. The minimum Gasteiger partial charge on any atom is -0.377 e. The van der Waals surface area contributed by atoms with Gasteiger partial charge in [0, 0.05) is 30.9 Å². The van der Waals surface area contributed by atoms with E-state index in [1.807, 2.05) is 36.9 Å². The van der Waals surface area contributed by atoms with Crippen molar-refractivity contribution in [3.8, 4) is 0 Å². The lowest BCUT2D eigenvalue weighted by molar-refractivity contribution is 0.00721. The molecule has 5 heteroatoms. The molecule has 1 amide bonds. The Bertz CT molecular complexity index is 474. The second kappa shape index (κ2) is 6.72. The fourth-order valence-corrected chi connectivity index (χ4v) is 2.66. The van der Waals surface area contributed by atoms with E-state index in [1.54, 1.807) is 0 Å². The molecule has 1 aliphatic heterocycles. The molecule has 0 aliphatic carbocycles. The topological polar surface area (TPSA) is 67.6 Å². The Morgan fingerprint density at radius 2 is 2.35 bits per heavy atom. The molecule has 1 aromatic carbocycles. The van der Waals surface area contributed by atoms with E-state index in [-0.39, 0.29) is 12.0 Å². The predicted molar refractivity (Wildman–Crippen MR) is 79.5 cm³/mol. The van der Waals surface area contributed by atoms with Crippen molar-refractivity contribution in [2.45, 2.75) is 32.8 Å². The maximum atomic E-state index is 12.6. The first-order chi connectivity index (χ1) is 9.65. The molecular formula is C15H23N3O2. The van der Waals surface area contributed by atoms with Gasteiger partial charge in [0.25, 0.3) is 5.91 Å². The number of nitrogens with two attached hydrogens (primary N) is 1. The Kier molecular flexibility index (Phi) is 4.98. The monoisotopic (exact) mass is 277 g/mol. The van der Waals surface area contributed by atoms with Crippen molar-refractivity contribution in [3.05, 3.63) is 29.3 Å². The summed E-state index contributed by atoms with van der Waals surface area (Å²) < 4.78 is 5.65. The number of hydrogen-bond acceptors (Lipinski definition) is 4. The molecule has 3 N–H and O–H groups in total. The van der Waals surface area contributed by atoms with Gasteiger partial charge in [0.2, 0.25) is 0 Å². The quantitative estimate of drug-likeness (QED) is 0.652. The molecular weight excluding hydrogens is 254 g/mol. The van der Waals surface area contributed by atoms with Crippen LogP contribution in [-0.4, -0.2) is 36.6 Å². The van der Waals surface area contributed by atoms with Gasteiger partial charge in [-0.1, -0.05) is 0 Å². The summed E-state index contributed by atoms with van der Waals surface area (Å²) in [5.74, 6) is 5.46. The second-order valence-corrected chi connectivity index (χ2v) is 5.14. The largest absolute Gasteiger partial charge is 0.377 e. The summed E-state index contributed by atoms with van der Waals surface area (Å²) in [4.78, 5) is 14.5. The van der Waals surface area contributed by atoms with Gasteiger partial charge in [-0.25, -0.2) is 0 Å². The van der Waals surface area contributed by atoms with Crippen LogP contribution in [0.15, 0.2) is 18.2 Å². The van der Waals surface area contributed by atoms with Crippen LogP contribution in [0, 0.1) is 6.92 Å². The molecule has 1 fully saturated rings. The SMILES string of the molecule is CCOC1CCCN(C(=O)c2ccc(NN)cc2C)C1. The Balaban J connectivity index is 2.10. The number of piperidine rings is 1. The number of amides is 1. The smallest absolute Gasteiger partial charge is 0.254 e. The second-order valence-electron chi connectivity index (χ2n) is 5.14. The summed E-state index contributed by atoms with van der Waals surface area (Å²) in [5.41, 5.74) is 5.07. The summed E-state index contributed by atoms with van der Waals surface area (Å²) in [7, 11) is 0. The molecule has 0 aromatic heterocycles. The molecule has 0 spiro atoms. The van der Waals surface area contributed by atoms with Gasteiger partial charge in [0.15, 0.2) is 0 Å². The number of carbonyl (C=O) groups is 1. The summed E-state index contributed by atoms with van der Waals surface area (Å²) >= 11 is 0. The van der Waals surface area contributed by atoms with Crippen LogP contribution in [0.25, 0.3) is 0 Å². The van der Waals surface area contributed by atoms with Crippen molar-refractivity contribution in [1.29, 1.82) is 0 Å². The molecule has 0 radical (unpaired) electrons. The molecule has 2 rings (SSSR count). The molecule has 1 heterocycles. The third-order valence-electron chi connectivity index (χ3n) is 3.69. The van der Waals surface area contributed by atoms with Crippen molar-refractivity contribution in [2.75, 3.05) is 25.1 Å². The number of nitrogen functional groups attached to an aromatic ring is 1. The maximum absolute atomic E-state index is 12.6. The minimum atomic E-state index is 0.0791. The van der Waals surface area contributed by atoms with Crippen LogP contribution in [0.2, 0.25) is 0 Å². The zero-order valence-corrected chi connectivity index (χ0v) is 12.2. The van der Waals surface area contributed by atoms with Crippen molar-refractivity contribution < 1.29 is 9.53 Å². The highest BCUT2D eigenvalue weighted by Crippen LogP contribution is 2.20. The van der Waals surface area contributed by atoms with Crippen molar-refractivity contribution in [2.24, 2.45) is 5.84 Å². The first-order valence-electron chi connectivity index (χ1n) is 7.13. The summed E-state index contributed by atoms with van der Waals surface area (Å²) in [6, 6.07) is 5.54. The number of ether oxygens (including phenoxy) is 1. The van der Waals surface area contributed by atoms with Crippen molar-refractivity contribution in [1.82, 2.24) is 4.90 Å². The molecule has 1 aliphatic rings. The highest BCUT2D eigenvalue weighted by Gasteiger charge is 2.25. The molecule has 1 aromatic rings. The van der Waals surface area contributed by atoms with E-state index in [0.717, 1.165) is 36.2 Å². The van der Waals surface area contributed by atoms with Gasteiger partial charge < -0.3 is 15.1 Å². The van der Waals surface area contributed by atoms with Gasteiger partial charge in [-0.05, 0) is 50.5 Å². The summed E-state index contributed by atoms with van der Waals surface area (Å²) in [6.07, 6.45) is 2.20. The molecule has 0 saturated carbocycles. The van der Waals surface area contributed by atoms with Gasteiger partial charge in [0.05, 0.1) is 6.10 Å². The van der Waals surface area contributed by atoms with E-state index in [0.29, 0.717) is 13.2 Å². The van der Waals surface area contributed by atoms with Crippen LogP contribution in [0.1, 0.15) is 35.7 Å². The van der Waals surface area contributed by atoms with Crippen molar-refractivity contribution >= 4 is 11.6 Å².